The van der Waals surface area contributed by atoms with Crippen LogP contribution < -0.4 is 5.32 Å². The number of hydrogen-bond donors (Lipinski definition) is 1. The van der Waals surface area contributed by atoms with Gasteiger partial charge in [-0.05, 0) is 32.9 Å². The number of aromatic nitrogens is 2. The van der Waals surface area contributed by atoms with E-state index in [-0.39, 0.29) is 5.91 Å². The molecule has 0 aliphatic carbocycles. The van der Waals surface area contributed by atoms with E-state index < -0.39 is 5.41 Å². The van der Waals surface area contributed by atoms with Gasteiger partial charge < -0.3 is 5.32 Å². The topological polar surface area (TPSA) is 54.9 Å². The van der Waals surface area contributed by atoms with E-state index in [1.807, 2.05) is 75.4 Å². The fourth-order valence-electron chi connectivity index (χ4n) is 2.72. The van der Waals surface area contributed by atoms with Crippen LogP contribution in [0, 0.1) is 0 Å². The van der Waals surface area contributed by atoms with Gasteiger partial charge in [0.2, 0.25) is 5.91 Å². The molecule has 0 spiro atoms. The summed E-state index contributed by atoms with van der Waals surface area (Å²) >= 11 is 0. The van der Waals surface area contributed by atoms with Crippen molar-refractivity contribution in [3.05, 3.63) is 60.3 Å². The molecule has 0 saturated carbocycles. The van der Waals surface area contributed by atoms with E-state index in [0.29, 0.717) is 12.2 Å². The van der Waals surface area contributed by atoms with Gasteiger partial charge >= 0.3 is 0 Å². The maximum absolute atomic E-state index is 12.6. The van der Waals surface area contributed by atoms with Crippen LogP contribution in [0.15, 0.2) is 54.6 Å². The minimum absolute atomic E-state index is 0.0493. The van der Waals surface area contributed by atoms with Gasteiger partial charge in [-0.1, -0.05) is 42.5 Å². The lowest BCUT2D eigenvalue weighted by atomic mass is 9.85. The largest absolute Gasteiger partial charge is 0.356 e. The lowest BCUT2D eigenvalue weighted by Gasteiger charge is -2.25. The summed E-state index contributed by atoms with van der Waals surface area (Å²) < 4.78 is 0. The van der Waals surface area contributed by atoms with Gasteiger partial charge in [-0.25, -0.2) is 9.97 Å². The molecule has 0 unspecified atom stereocenters. The van der Waals surface area contributed by atoms with Crippen LogP contribution in [-0.4, -0.2) is 22.4 Å². The summed E-state index contributed by atoms with van der Waals surface area (Å²) in [6, 6.07) is 17.6. The minimum atomic E-state index is -0.780. The summed E-state index contributed by atoms with van der Waals surface area (Å²) in [6.45, 7) is 6.29. The number of nitrogens with one attached hydrogen (secondary N) is 1. The molecule has 0 atom stereocenters. The van der Waals surface area contributed by atoms with Crippen molar-refractivity contribution in [2.24, 2.45) is 0 Å². The Morgan fingerprint density at radius 2 is 1.54 bits per heavy atom. The molecule has 0 saturated heterocycles. The van der Waals surface area contributed by atoms with E-state index in [1.165, 1.54) is 0 Å². The van der Waals surface area contributed by atoms with Crippen LogP contribution in [0.4, 0.5) is 0 Å². The molecule has 2 aromatic carbocycles. The zero-order valence-electron chi connectivity index (χ0n) is 14.2. The van der Waals surface area contributed by atoms with Gasteiger partial charge in [0.25, 0.3) is 0 Å². The van der Waals surface area contributed by atoms with E-state index in [1.54, 1.807) is 0 Å². The van der Waals surface area contributed by atoms with Gasteiger partial charge in [-0.15, -0.1) is 0 Å². The standard InChI is InChI=1S/C20H21N3O/c1-4-21-19(24)20(2,3)18-17(14-10-6-5-7-11-14)22-15-12-8-9-13-16(15)23-18/h5-13H,4H2,1-3H3,(H,21,24). The Labute approximate surface area is 142 Å². The Kier molecular flexibility index (Phi) is 4.30. The third-order valence-corrected chi connectivity index (χ3v) is 4.11. The number of fused-ring (bicyclic) bond motifs is 1. The first kappa shape index (κ1) is 16.1. The fraction of sp³-hybridized carbons (Fsp3) is 0.250. The SMILES string of the molecule is CCNC(=O)C(C)(C)c1nc2ccccc2nc1-c1ccccc1. The van der Waals surface area contributed by atoms with Crippen LogP contribution in [-0.2, 0) is 10.2 Å². The van der Waals surface area contributed by atoms with Crippen molar-refractivity contribution in [3.63, 3.8) is 0 Å². The van der Waals surface area contributed by atoms with Crippen LogP contribution in [0.5, 0.6) is 0 Å². The summed E-state index contributed by atoms with van der Waals surface area (Å²) in [5, 5.41) is 2.90. The van der Waals surface area contributed by atoms with E-state index in [9.17, 15) is 4.79 Å². The van der Waals surface area contributed by atoms with Crippen LogP contribution in [0.2, 0.25) is 0 Å². The van der Waals surface area contributed by atoms with Gasteiger partial charge in [-0.2, -0.15) is 0 Å². The number of hydrogen-bond acceptors (Lipinski definition) is 3. The number of rotatable bonds is 4. The van der Waals surface area contributed by atoms with Gasteiger partial charge in [0.1, 0.15) is 0 Å². The zero-order chi connectivity index (χ0) is 17.2. The summed E-state index contributed by atoms with van der Waals surface area (Å²) in [4.78, 5) is 22.2. The number of carbonyl (C=O) groups excluding carboxylic acids is 1. The highest BCUT2D eigenvalue weighted by molar-refractivity contribution is 5.90. The van der Waals surface area contributed by atoms with Crippen molar-refractivity contribution in [2.75, 3.05) is 6.54 Å². The number of carbonyl (C=O) groups is 1. The Bertz CT molecular complexity index is 872. The number of nitrogens with zero attached hydrogens (tertiary/aromatic N) is 2. The Hall–Kier alpha value is -2.75. The monoisotopic (exact) mass is 319 g/mol. The summed E-state index contributed by atoms with van der Waals surface area (Å²) in [5.74, 6) is -0.0493. The maximum atomic E-state index is 12.6. The molecule has 3 rings (SSSR count). The van der Waals surface area contributed by atoms with Crippen molar-refractivity contribution >= 4 is 16.9 Å². The second-order valence-corrected chi connectivity index (χ2v) is 6.26. The van der Waals surface area contributed by atoms with E-state index >= 15 is 0 Å². The molecule has 4 heteroatoms. The first-order valence-electron chi connectivity index (χ1n) is 8.15. The van der Waals surface area contributed by atoms with Crippen molar-refractivity contribution in [2.45, 2.75) is 26.2 Å². The molecule has 1 heterocycles. The van der Waals surface area contributed by atoms with Gasteiger partial charge in [0.05, 0.1) is 27.8 Å². The third-order valence-electron chi connectivity index (χ3n) is 4.11. The zero-order valence-corrected chi connectivity index (χ0v) is 14.2. The van der Waals surface area contributed by atoms with Gasteiger partial charge in [0, 0.05) is 12.1 Å². The van der Waals surface area contributed by atoms with E-state index in [2.05, 4.69) is 5.32 Å². The average Bonchev–Trinajstić information content (AvgIpc) is 2.61. The quantitative estimate of drug-likeness (QED) is 0.797. The van der Waals surface area contributed by atoms with Crippen LogP contribution in [0.3, 0.4) is 0 Å². The molecule has 0 aliphatic heterocycles. The Morgan fingerprint density at radius 3 is 2.17 bits per heavy atom. The Morgan fingerprint density at radius 1 is 0.958 bits per heavy atom. The number of likely N-dealkylation sites (N-methyl/N-ethyl adjacent to an activating group) is 1. The summed E-state index contributed by atoms with van der Waals surface area (Å²) in [7, 11) is 0. The first-order valence-corrected chi connectivity index (χ1v) is 8.15. The molecule has 0 aliphatic rings. The second kappa shape index (κ2) is 6.40. The molecule has 1 aromatic heterocycles. The predicted molar refractivity (Wildman–Crippen MR) is 96.7 cm³/mol. The molecule has 122 valence electrons. The molecule has 1 amide bonds. The normalized spacial score (nSPS) is 11.5. The molecule has 0 fully saturated rings. The van der Waals surface area contributed by atoms with E-state index in [0.717, 1.165) is 22.3 Å². The summed E-state index contributed by atoms with van der Waals surface area (Å²) in [6.07, 6.45) is 0. The number of benzene rings is 2. The average molecular weight is 319 g/mol. The smallest absolute Gasteiger partial charge is 0.231 e. The van der Waals surface area contributed by atoms with E-state index in [4.69, 9.17) is 9.97 Å². The van der Waals surface area contributed by atoms with Gasteiger partial charge in [-0.3, -0.25) is 4.79 Å². The van der Waals surface area contributed by atoms with Crippen molar-refractivity contribution in [1.29, 1.82) is 0 Å². The summed E-state index contributed by atoms with van der Waals surface area (Å²) in [5.41, 5.74) is 3.25. The molecular formula is C20H21N3O. The lowest BCUT2D eigenvalue weighted by Crippen LogP contribution is -2.41. The second-order valence-electron chi connectivity index (χ2n) is 6.26. The van der Waals surface area contributed by atoms with Crippen LogP contribution >= 0.6 is 0 Å². The van der Waals surface area contributed by atoms with Crippen LogP contribution in [0.1, 0.15) is 26.5 Å². The lowest BCUT2D eigenvalue weighted by molar-refractivity contribution is -0.125. The molecule has 0 bridgehead atoms. The molecule has 1 N–H and O–H groups in total. The Balaban J connectivity index is 2.26. The fourth-order valence-corrected chi connectivity index (χ4v) is 2.72. The maximum Gasteiger partial charge on any atom is 0.231 e. The molecule has 24 heavy (non-hydrogen) atoms. The molecular weight excluding hydrogens is 298 g/mol. The van der Waals surface area contributed by atoms with Gasteiger partial charge in [0.15, 0.2) is 0 Å². The number of amides is 1. The highest BCUT2D eigenvalue weighted by Gasteiger charge is 2.34. The number of para-hydroxylation sites is 2. The van der Waals surface area contributed by atoms with Crippen molar-refractivity contribution in [1.82, 2.24) is 15.3 Å². The molecule has 3 aromatic rings. The minimum Gasteiger partial charge on any atom is -0.356 e. The highest BCUT2D eigenvalue weighted by Crippen LogP contribution is 2.32. The predicted octanol–water partition coefficient (Wildman–Crippen LogP) is 3.71. The van der Waals surface area contributed by atoms with Crippen molar-refractivity contribution < 1.29 is 4.79 Å². The molecule has 0 radical (unpaired) electrons. The highest BCUT2D eigenvalue weighted by atomic mass is 16.2. The third kappa shape index (κ3) is 2.87. The van der Waals surface area contributed by atoms with Crippen molar-refractivity contribution in [3.8, 4) is 11.3 Å². The molecule has 4 nitrogen and oxygen atoms in total. The first-order chi connectivity index (χ1) is 11.5. The van der Waals surface area contributed by atoms with Crippen LogP contribution in [0.25, 0.3) is 22.3 Å².